The molecule has 1 aliphatic heterocycles. The molecule has 24 heavy (non-hydrogen) atoms. The molecule has 4 nitrogen and oxygen atoms in total. The number of rotatable bonds is 3. The highest BCUT2D eigenvalue weighted by molar-refractivity contribution is 5.94. The van der Waals surface area contributed by atoms with Crippen molar-refractivity contribution in [3.63, 3.8) is 0 Å². The molecule has 1 heterocycles. The van der Waals surface area contributed by atoms with Gasteiger partial charge in [0, 0.05) is 31.7 Å². The summed E-state index contributed by atoms with van der Waals surface area (Å²) in [5, 5.41) is 0. The Morgan fingerprint density at radius 1 is 0.875 bits per heavy atom. The Morgan fingerprint density at radius 2 is 1.54 bits per heavy atom. The van der Waals surface area contributed by atoms with E-state index in [-0.39, 0.29) is 11.8 Å². The summed E-state index contributed by atoms with van der Waals surface area (Å²) < 4.78 is 13.2. The number of nitrogens with zero attached hydrogens (tertiary/aromatic N) is 2. The van der Waals surface area contributed by atoms with E-state index in [1.54, 1.807) is 15.9 Å². The molecule has 0 bridgehead atoms. The minimum atomic E-state index is -0.419. The normalized spacial score (nSPS) is 14.5. The molecule has 1 aliphatic rings. The van der Waals surface area contributed by atoms with Crippen LogP contribution in [0.15, 0.2) is 54.6 Å². The maximum atomic E-state index is 13.2. The average molecular weight is 326 g/mol. The Balaban J connectivity index is 1.55. The van der Waals surface area contributed by atoms with Crippen LogP contribution in [0.25, 0.3) is 0 Å². The van der Waals surface area contributed by atoms with Crippen molar-refractivity contribution in [3.8, 4) is 0 Å². The number of benzene rings is 2. The van der Waals surface area contributed by atoms with Crippen LogP contribution in [0, 0.1) is 5.82 Å². The van der Waals surface area contributed by atoms with Crippen LogP contribution in [0.4, 0.5) is 4.39 Å². The summed E-state index contributed by atoms with van der Waals surface area (Å²) in [5.74, 6) is -0.541. The van der Waals surface area contributed by atoms with Gasteiger partial charge in [0.2, 0.25) is 5.91 Å². The predicted octanol–water partition coefficient (Wildman–Crippen LogP) is 2.35. The van der Waals surface area contributed by atoms with E-state index < -0.39 is 5.82 Å². The van der Waals surface area contributed by atoms with Gasteiger partial charge in [-0.1, -0.05) is 36.4 Å². The van der Waals surface area contributed by atoms with Crippen LogP contribution in [-0.2, 0) is 11.2 Å². The summed E-state index contributed by atoms with van der Waals surface area (Å²) in [7, 11) is 0. The lowest BCUT2D eigenvalue weighted by atomic mass is 10.1. The van der Waals surface area contributed by atoms with Crippen LogP contribution >= 0.6 is 0 Å². The summed E-state index contributed by atoms with van der Waals surface area (Å²) in [6, 6.07) is 15.3. The first-order valence-electron chi connectivity index (χ1n) is 8.00. The second kappa shape index (κ2) is 7.25. The smallest absolute Gasteiger partial charge is 0.254 e. The zero-order valence-electron chi connectivity index (χ0n) is 13.3. The Labute approximate surface area is 140 Å². The van der Waals surface area contributed by atoms with E-state index in [0.29, 0.717) is 38.2 Å². The molecule has 2 aromatic rings. The lowest BCUT2D eigenvalue weighted by Gasteiger charge is -2.35. The van der Waals surface area contributed by atoms with Crippen molar-refractivity contribution >= 4 is 11.8 Å². The molecule has 1 saturated heterocycles. The Hall–Kier alpha value is -2.69. The molecule has 0 spiro atoms. The highest BCUT2D eigenvalue weighted by Gasteiger charge is 2.24. The van der Waals surface area contributed by atoms with Gasteiger partial charge in [0.1, 0.15) is 5.82 Å². The van der Waals surface area contributed by atoms with Crippen LogP contribution in [0.5, 0.6) is 0 Å². The Bertz CT molecular complexity index is 725. The van der Waals surface area contributed by atoms with Crippen LogP contribution in [0.3, 0.4) is 0 Å². The van der Waals surface area contributed by atoms with E-state index in [9.17, 15) is 14.0 Å². The monoisotopic (exact) mass is 326 g/mol. The van der Waals surface area contributed by atoms with Gasteiger partial charge >= 0.3 is 0 Å². The van der Waals surface area contributed by atoms with Gasteiger partial charge < -0.3 is 9.80 Å². The summed E-state index contributed by atoms with van der Waals surface area (Å²) >= 11 is 0. The van der Waals surface area contributed by atoms with Gasteiger partial charge in [-0.05, 0) is 23.8 Å². The maximum absolute atomic E-state index is 13.2. The SMILES string of the molecule is O=C(Cc1ccccc1)N1CCN(C(=O)c2cccc(F)c2)CC1. The molecule has 0 aromatic heterocycles. The fraction of sp³-hybridized carbons (Fsp3) is 0.263. The first-order chi connectivity index (χ1) is 11.6. The lowest BCUT2D eigenvalue weighted by Crippen LogP contribution is -2.51. The van der Waals surface area contributed by atoms with Crippen LogP contribution in [0.1, 0.15) is 15.9 Å². The number of amides is 2. The quantitative estimate of drug-likeness (QED) is 0.869. The number of carbonyl (C=O) groups excluding carboxylic acids is 2. The highest BCUT2D eigenvalue weighted by Crippen LogP contribution is 2.12. The van der Waals surface area contributed by atoms with E-state index >= 15 is 0 Å². The van der Waals surface area contributed by atoms with E-state index in [1.807, 2.05) is 30.3 Å². The topological polar surface area (TPSA) is 40.6 Å². The van der Waals surface area contributed by atoms with Crippen molar-refractivity contribution in [2.45, 2.75) is 6.42 Å². The second-order valence-electron chi connectivity index (χ2n) is 5.85. The molecule has 0 saturated carbocycles. The number of carbonyl (C=O) groups is 2. The summed E-state index contributed by atoms with van der Waals surface area (Å²) in [6.45, 7) is 1.95. The van der Waals surface area contributed by atoms with E-state index in [0.717, 1.165) is 5.56 Å². The van der Waals surface area contributed by atoms with Gasteiger partial charge in [-0.25, -0.2) is 4.39 Å². The molecule has 2 aromatic carbocycles. The number of halogens is 1. The largest absolute Gasteiger partial charge is 0.339 e. The average Bonchev–Trinajstić information content (AvgIpc) is 2.62. The van der Waals surface area contributed by atoms with Crippen molar-refractivity contribution in [2.24, 2.45) is 0 Å². The van der Waals surface area contributed by atoms with Gasteiger partial charge in [-0.3, -0.25) is 9.59 Å². The van der Waals surface area contributed by atoms with Crippen LogP contribution in [0.2, 0.25) is 0 Å². The van der Waals surface area contributed by atoms with Gasteiger partial charge in [-0.2, -0.15) is 0 Å². The van der Waals surface area contributed by atoms with Crippen LogP contribution < -0.4 is 0 Å². The van der Waals surface area contributed by atoms with Crippen molar-refractivity contribution in [1.29, 1.82) is 0 Å². The molecular formula is C19H19FN2O2. The number of hydrogen-bond donors (Lipinski definition) is 0. The molecule has 0 unspecified atom stereocenters. The molecule has 2 amide bonds. The Kier molecular flexibility index (Phi) is 4.89. The van der Waals surface area contributed by atoms with Gasteiger partial charge in [0.05, 0.1) is 6.42 Å². The minimum Gasteiger partial charge on any atom is -0.339 e. The summed E-state index contributed by atoms with van der Waals surface area (Å²) in [4.78, 5) is 28.2. The molecule has 5 heteroatoms. The standard InChI is InChI=1S/C19H19FN2O2/c20-17-8-4-7-16(14-17)19(24)22-11-9-21(10-12-22)18(23)13-15-5-2-1-3-6-15/h1-8,14H,9-13H2. The molecule has 1 fully saturated rings. The molecular weight excluding hydrogens is 307 g/mol. The lowest BCUT2D eigenvalue weighted by molar-refractivity contribution is -0.131. The van der Waals surface area contributed by atoms with Gasteiger partial charge in [0.25, 0.3) is 5.91 Å². The predicted molar refractivity (Wildman–Crippen MR) is 89.0 cm³/mol. The second-order valence-corrected chi connectivity index (χ2v) is 5.85. The minimum absolute atomic E-state index is 0.0686. The van der Waals surface area contributed by atoms with E-state index in [2.05, 4.69) is 0 Å². The molecule has 0 radical (unpaired) electrons. The van der Waals surface area contributed by atoms with Crippen molar-refractivity contribution < 1.29 is 14.0 Å². The summed E-state index contributed by atoms with van der Waals surface area (Å²) in [6.07, 6.45) is 0.374. The fourth-order valence-corrected chi connectivity index (χ4v) is 2.85. The first kappa shape index (κ1) is 16.2. The third-order valence-electron chi connectivity index (χ3n) is 4.19. The van der Waals surface area contributed by atoms with Gasteiger partial charge in [0.15, 0.2) is 0 Å². The molecule has 0 atom stereocenters. The third-order valence-corrected chi connectivity index (χ3v) is 4.19. The molecule has 124 valence electrons. The van der Waals surface area contributed by atoms with Crippen molar-refractivity contribution in [1.82, 2.24) is 9.80 Å². The van der Waals surface area contributed by atoms with Crippen molar-refractivity contribution in [2.75, 3.05) is 26.2 Å². The van der Waals surface area contributed by atoms with E-state index in [1.165, 1.54) is 18.2 Å². The first-order valence-corrected chi connectivity index (χ1v) is 8.00. The molecule has 3 rings (SSSR count). The highest BCUT2D eigenvalue weighted by atomic mass is 19.1. The zero-order valence-corrected chi connectivity index (χ0v) is 13.3. The van der Waals surface area contributed by atoms with Gasteiger partial charge in [-0.15, -0.1) is 0 Å². The van der Waals surface area contributed by atoms with E-state index in [4.69, 9.17) is 0 Å². The fourth-order valence-electron chi connectivity index (χ4n) is 2.85. The van der Waals surface area contributed by atoms with Crippen molar-refractivity contribution in [3.05, 3.63) is 71.5 Å². The zero-order chi connectivity index (χ0) is 16.9. The Morgan fingerprint density at radius 3 is 2.21 bits per heavy atom. The maximum Gasteiger partial charge on any atom is 0.254 e. The molecule has 0 N–H and O–H groups in total. The number of piperazine rings is 1. The van der Waals surface area contributed by atoms with Crippen LogP contribution in [-0.4, -0.2) is 47.8 Å². The third kappa shape index (κ3) is 3.79. The number of hydrogen-bond acceptors (Lipinski definition) is 2. The molecule has 0 aliphatic carbocycles. The summed E-state index contributed by atoms with van der Waals surface area (Å²) in [5.41, 5.74) is 1.33.